The highest BCUT2D eigenvalue weighted by molar-refractivity contribution is 5.21. The van der Waals surface area contributed by atoms with E-state index in [1.165, 1.54) is 0 Å². The second kappa shape index (κ2) is 5.64. The number of benzene rings is 1. The van der Waals surface area contributed by atoms with E-state index in [9.17, 15) is 15.3 Å². The molecule has 6 nitrogen and oxygen atoms in total. The summed E-state index contributed by atoms with van der Waals surface area (Å²) in [6, 6.07) is 8.59. The third-order valence-corrected chi connectivity index (χ3v) is 2.86. The summed E-state index contributed by atoms with van der Waals surface area (Å²) in [5.41, 5.74) is 0. The molecule has 0 saturated carbocycles. The van der Waals surface area contributed by atoms with Crippen molar-refractivity contribution in [3.63, 3.8) is 0 Å². The van der Waals surface area contributed by atoms with Gasteiger partial charge in [-0.15, -0.1) is 0 Å². The van der Waals surface area contributed by atoms with E-state index in [1.54, 1.807) is 30.3 Å². The molecule has 1 heterocycles. The fraction of sp³-hybridized carbons (Fsp3) is 0.500. The number of hydrogen-bond donors (Lipinski definition) is 4. The van der Waals surface area contributed by atoms with Crippen molar-refractivity contribution in [3.05, 3.63) is 30.3 Å². The molecule has 2 rings (SSSR count). The lowest BCUT2D eigenvalue weighted by molar-refractivity contribution is -0.280. The first kappa shape index (κ1) is 13.3. The molecule has 0 spiro atoms. The van der Waals surface area contributed by atoms with Crippen molar-refractivity contribution in [2.45, 2.75) is 30.7 Å². The molecule has 1 fully saturated rings. The molecular formula is C12H16O6. The third-order valence-electron chi connectivity index (χ3n) is 2.86. The Morgan fingerprint density at radius 2 is 1.72 bits per heavy atom. The fourth-order valence-corrected chi connectivity index (χ4v) is 1.86. The van der Waals surface area contributed by atoms with Gasteiger partial charge in [-0.3, -0.25) is 0 Å². The largest absolute Gasteiger partial charge is 0.482 e. The highest BCUT2D eigenvalue weighted by Gasteiger charge is 2.45. The van der Waals surface area contributed by atoms with Gasteiger partial charge in [-0.1, -0.05) is 18.2 Å². The highest BCUT2D eigenvalue weighted by Crippen LogP contribution is 2.24. The zero-order valence-corrected chi connectivity index (χ0v) is 9.59. The van der Waals surface area contributed by atoms with Gasteiger partial charge >= 0.3 is 0 Å². The van der Waals surface area contributed by atoms with Gasteiger partial charge in [0.25, 0.3) is 0 Å². The Kier molecular flexibility index (Phi) is 4.15. The van der Waals surface area contributed by atoms with Gasteiger partial charge in [0.05, 0.1) is 6.61 Å². The molecule has 5 atom stereocenters. The Morgan fingerprint density at radius 1 is 1.06 bits per heavy atom. The minimum atomic E-state index is -1.42. The quantitative estimate of drug-likeness (QED) is 0.546. The number of aliphatic hydroxyl groups is 4. The first-order valence-corrected chi connectivity index (χ1v) is 5.65. The normalized spacial score (nSPS) is 36.3. The van der Waals surface area contributed by atoms with Gasteiger partial charge in [-0.25, -0.2) is 0 Å². The van der Waals surface area contributed by atoms with Crippen molar-refractivity contribution in [2.24, 2.45) is 0 Å². The van der Waals surface area contributed by atoms with Gasteiger partial charge in [-0.05, 0) is 12.1 Å². The SMILES string of the molecule is OC[C@H]1OC(O)[C@H](Oc2ccccc2)[C@@H](O)[C@H]1O. The molecule has 1 aliphatic heterocycles. The number of para-hydroxylation sites is 1. The molecule has 0 bridgehead atoms. The Hall–Kier alpha value is -1.18. The number of ether oxygens (including phenoxy) is 2. The van der Waals surface area contributed by atoms with Crippen molar-refractivity contribution >= 4 is 0 Å². The summed E-state index contributed by atoms with van der Waals surface area (Å²) in [5, 5.41) is 38.1. The number of rotatable bonds is 3. The van der Waals surface area contributed by atoms with E-state index in [2.05, 4.69) is 0 Å². The monoisotopic (exact) mass is 256 g/mol. The van der Waals surface area contributed by atoms with E-state index in [1.807, 2.05) is 0 Å². The van der Waals surface area contributed by atoms with E-state index in [-0.39, 0.29) is 0 Å². The van der Waals surface area contributed by atoms with Crippen molar-refractivity contribution in [2.75, 3.05) is 6.61 Å². The minimum Gasteiger partial charge on any atom is -0.482 e. The molecule has 0 aliphatic carbocycles. The molecule has 1 saturated heterocycles. The van der Waals surface area contributed by atoms with Crippen molar-refractivity contribution in [1.82, 2.24) is 0 Å². The standard InChI is InChI=1S/C12H16O6/c13-6-8-9(14)10(15)11(12(16)18-8)17-7-4-2-1-3-5-7/h1-5,8-16H,6H2/t8-,9+,10+,11-,12?/m1/s1. The van der Waals surface area contributed by atoms with Crippen LogP contribution in [-0.4, -0.2) is 57.7 Å². The van der Waals surface area contributed by atoms with Crippen LogP contribution in [0.4, 0.5) is 0 Å². The second-order valence-electron chi connectivity index (χ2n) is 4.12. The smallest absolute Gasteiger partial charge is 0.195 e. The van der Waals surface area contributed by atoms with Crippen LogP contribution < -0.4 is 4.74 Å². The average Bonchev–Trinajstić information content (AvgIpc) is 2.40. The van der Waals surface area contributed by atoms with Crippen LogP contribution in [0, 0.1) is 0 Å². The highest BCUT2D eigenvalue weighted by atomic mass is 16.7. The fourth-order valence-electron chi connectivity index (χ4n) is 1.86. The van der Waals surface area contributed by atoms with Crippen molar-refractivity contribution < 1.29 is 29.9 Å². The van der Waals surface area contributed by atoms with Crippen LogP contribution in [0.1, 0.15) is 0 Å². The Labute approximate surface area is 104 Å². The van der Waals surface area contributed by atoms with Gasteiger partial charge < -0.3 is 29.9 Å². The van der Waals surface area contributed by atoms with E-state index >= 15 is 0 Å². The zero-order chi connectivity index (χ0) is 13.1. The molecule has 100 valence electrons. The predicted molar refractivity (Wildman–Crippen MR) is 60.8 cm³/mol. The molecule has 1 aromatic rings. The molecule has 1 aliphatic rings. The number of hydrogen-bond acceptors (Lipinski definition) is 6. The van der Waals surface area contributed by atoms with Crippen LogP contribution in [0.25, 0.3) is 0 Å². The maximum absolute atomic E-state index is 9.84. The van der Waals surface area contributed by atoms with Crippen LogP contribution in [0.15, 0.2) is 30.3 Å². The van der Waals surface area contributed by atoms with Crippen LogP contribution >= 0.6 is 0 Å². The second-order valence-corrected chi connectivity index (χ2v) is 4.12. The summed E-state index contributed by atoms with van der Waals surface area (Å²) in [6.07, 6.45) is -6.20. The maximum atomic E-state index is 9.84. The first-order chi connectivity index (χ1) is 8.63. The lowest BCUT2D eigenvalue weighted by Gasteiger charge is -2.39. The third kappa shape index (κ3) is 2.63. The van der Waals surface area contributed by atoms with Crippen molar-refractivity contribution in [1.29, 1.82) is 0 Å². The van der Waals surface area contributed by atoms with E-state index in [4.69, 9.17) is 14.6 Å². The lowest BCUT2D eigenvalue weighted by atomic mass is 9.99. The lowest BCUT2D eigenvalue weighted by Crippen LogP contribution is -2.60. The molecule has 0 radical (unpaired) electrons. The summed E-state index contributed by atoms with van der Waals surface area (Å²) < 4.78 is 10.3. The predicted octanol–water partition coefficient (Wildman–Crippen LogP) is -1.13. The molecule has 1 aromatic carbocycles. The van der Waals surface area contributed by atoms with Crippen LogP contribution in [-0.2, 0) is 4.74 Å². The topological polar surface area (TPSA) is 99.4 Å². The molecule has 6 heteroatoms. The summed E-state index contributed by atoms with van der Waals surface area (Å²) in [4.78, 5) is 0. The Bertz CT molecular complexity index is 370. The van der Waals surface area contributed by atoms with Crippen molar-refractivity contribution in [3.8, 4) is 5.75 Å². The Morgan fingerprint density at radius 3 is 2.33 bits per heavy atom. The molecule has 18 heavy (non-hydrogen) atoms. The van der Waals surface area contributed by atoms with Gasteiger partial charge in [0.1, 0.15) is 24.1 Å². The molecular weight excluding hydrogens is 240 g/mol. The van der Waals surface area contributed by atoms with Gasteiger partial charge in [0.15, 0.2) is 12.4 Å². The van der Waals surface area contributed by atoms with Gasteiger partial charge in [0.2, 0.25) is 0 Å². The van der Waals surface area contributed by atoms with E-state index in [0.717, 1.165) is 0 Å². The first-order valence-electron chi connectivity index (χ1n) is 5.65. The van der Waals surface area contributed by atoms with Gasteiger partial charge in [-0.2, -0.15) is 0 Å². The summed E-state index contributed by atoms with van der Waals surface area (Å²) in [7, 11) is 0. The maximum Gasteiger partial charge on any atom is 0.195 e. The van der Waals surface area contributed by atoms with Crippen LogP contribution in [0.3, 0.4) is 0 Å². The molecule has 1 unspecified atom stereocenters. The number of aliphatic hydroxyl groups excluding tert-OH is 4. The van der Waals surface area contributed by atoms with Crippen LogP contribution in [0.5, 0.6) is 5.75 Å². The molecule has 0 aromatic heterocycles. The summed E-state index contributed by atoms with van der Waals surface area (Å²) in [6.45, 7) is -0.493. The minimum absolute atomic E-state index is 0.443. The summed E-state index contributed by atoms with van der Waals surface area (Å²) >= 11 is 0. The summed E-state index contributed by atoms with van der Waals surface area (Å²) in [5.74, 6) is 0.443. The van der Waals surface area contributed by atoms with E-state index in [0.29, 0.717) is 5.75 Å². The molecule has 0 amide bonds. The molecule has 4 N–H and O–H groups in total. The Balaban J connectivity index is 2.08. The zero-order valence-electron chi connectivity index (χ0n) is 9.59. The van der Waals surface area contributed by atoms with Crippen LogP contribution in [0.2, 0.25) is 0 Å². The van der Waals surface area contributed by atoms with Gasteiger partial charge in [0, 0.05) is 0 Å². The van der Waals surface area contributed by atoms with E-state index < -0.39 is 37.3 Å². The average molecular weight is 256 g/mol.